The Hall–Kier alpha value is -0.870. The third-order valence-corrected chi connectivity index (χ3v) is 5.87. The van der Waals surface area contributed by atoms with Crippen LogP contribution < -0.4 is 5.32 Å². The Morgan fingerprint density at radius 2 is 2.20 bits per heavy atom. The summed E-state index contributed by atoms with van der Waals surface area (Å²) in [6.45, 7) is 6.92. The van der Waals surface area contributed by atoms with Crippen LogP contribution in [-0.2, 0) is 14.9 Å². The fourth-order valence-corrected chi connectivity index (χ4v) is 4.12. The van der Waals surface area contributed by atoms with Crippen LogP contribution in [0.4, 0.5) is 5.69 Å². The third-order valence-electron chi connectivity index (χ3n) is 4.66. The summed E-state index contributed by atoms with van der Waals surface area (Å²) in [6, 6.07) is 6.29. The number of ether oxygens (including phenoxy) is 1. The lowest BCUT2D eigenvalue weighted by Gasteiger charge is -2.22. The minimum Gasteiger partial charge on any atom is -0.378 e. The van der Waals surface area contributed by atoms with Gasteiger partial charge in [0, 0.05) is 23.0 Å². The first-order valence-corrected chi connectivity index (χ1v) is 8.04. The van der Waals surface area contributed by atoms with E-state index in [1.54, 1.807) is 0 Å². The van der Waals surface area contributed by atoms with Gasteiger partial charge >= 0.3 is 0 Å². The molecule has 1 fully saturated rings. The molecule has 0 spiro atoms. The predicted octanol–water partition coefficient (Wildman–Crippen LogP) is 3.78. The molecule has 1 saturated heterocycles. The van der Waals surface area contributed by atoms with Crippen molar-refractivity contribution in [2.24, 2.45) is 5.92 Å². The molecule has 1 amide bonds. The number of anilines is 1. The number of benzene rings is 1. The number of alkyl halides is 1. The SMILES string of the molecule is CC1OCCC1C(Br)c1ccc2c(c1)C(C)(C)C(=O)N2. The van der Waals surface area contributed by atoms with Crippen molar-refractivity contribution in [2.75, 3.05) is 11.9 Å². The second-order valence-electron chi connectivity index (χ2n) is 6.31. The average Bonchev–Trinajstić information content (AvgIpc) is 2.92. The molecule has 4 heteroatoms. The first kappa shape index (κ1) is 14.1. The molecular weight excluding hydrogens is 318 g/mol. The molecular formula is C16H20BrNO2. The molecule has 1 aromatic carbocycles. The third kappa shape index (κ3) is 2.09. The van der Waals surface area contributed by atoms with E-state index in [4.69, 9.17) is 4.74 Å². The summed E-state index contributed by atoms with van der Waals surface area (Å²) in [5, 5.41) is 2.95. The van der Waals surface area contributed by atoms with Gasteiger partial charge in [0.2, 0.25) is 5.91 Å². The normalized spacial score (nSPS) is 29.1. The van der Waals surface area contributed by atoms with Crippen molar-refractivity contribution in [1.82, 2.24) is 0 Å². The molecule has 2 heterocycles. The van der Waals surface area contributed by atoms with Gasteiger partial charge in [0.05, 0.1) is 11.5 Å². The monoisotopic (exact) mass is 337 g/mol. The molecule has 3 atom stereocenters. The number of amides is 1. The Balaban J connectivity index is 1.94. The summed E-state index contributed by atoms with van der Waals surface area (Å²) in [6.07, 6.45) is 1.36. The van der Waals surface area contributed by atoms with Crippen molar-refractivity contribution < 1.29 is 9.53 Å². The van der Waals surface area contributed by atoms with Crippen LogP contribution in [0.5, 0.6) is 0 Å². The zero-order valence-electron chi connectivity index (χ0n) is 12.1. The smallest absolute Gasteiger partial charge is 0.234 e. The largest absolute Gasteiger partial charge is 0.378 e. The number of rotatable bonds is 2. The minimum atomic E-state index is -0.449. The van der Waals surface area contributed by atoms with Gasteiger partial charge in [-0.25, -0.2) is 0 Å². The quantitative estimate of drug-likeness (QED) is 0.834. The Morgan fingerprint density at radius 1 is 1.45 bits per heavy atom. The summed E-state index contributed by atoms with van der Waals surface area (Å²) in [5.74, 6) is 0.564. The van der Waals surface area contributed by atoms with E-state index in [2.05, 4.69) is 40.3 Å². The molecule has 0 aromatic heterocycles. The summed E-state index contributed by atoms with van der Waals surface area (Å²) in [5.41, 5.74) is 2.82. The highest BCUT2D eigenvalue weighted by Gasteiger charge is 2.39. The van der Waals surface area contributed by atoms with Crippen molar-refractivity contribution in [2.45, 2.75) is 43.5 Å². The van der Waals surface area contributed by atoms with Gasteiger partial charge in [-0.15, -0.1) is 0 Å². The Labute approximate surface area is 128 Å². The number of carbonyl (C=O) groups excluding carboxylic acids is 1. The summed E-state index contributed by atoms with van der Waals surface area (Å²) in [7, 11) is 0. The zero-order chi connectivity index (χ0) is 14.5. The number of halogens is 1. The van der Waals surface area contributed by atoms with E-state index in [-0.39, 0.29) is 16.8 Å². The van der Waals surface area contributed by atoms with Gasteiger partial charge in [0.25, 0.3) is 0 Å². The van der Waals surface area contributed by atoms with Gasteiger partial charge in [-0.1, -0.05) is 28.1 Å². The molecule has 20 heavy (non-hydrogen) atoms. The van der Waals surface area contributed by atoms with E-state index in [0.717, 1.165) is 24.3 Å². The topological polar surface area (TPSA) is 38.3 Å². The van der Waals surface area contributed by atoms with E-state index >= 15 is 0 Å². The van der Waals surface area contributed by atoms with Gasteiger partial charge in [0.1, 0.15) is 0 Å². The van der Waals surface area contributed by atoms with E-state index in [1.165, 1.54) is 5.56 Å². The molecule has 3 unspecified atom stereocenters. The maximum Gasteiger partial charge on any atom is 0.234 e. The maximum absolute atomic E-state index is 12.0. The minimum absolute atomic E-state index is 0.0772. The fourth-order valence-electron chi connectivity index (χ4n) is 3.14. The molecule has 0 radical (unpaired) electrons. The van der Waals surface area contributed by atoms with E-state index in [0.29, 0.717) is 5.92 Å². The highest BCUT2D eigenvalue weighted by Crippen LogP contribution is 2.43. The van der Waals surface area contributed by atoms with Crippen LogP contribution in [0.25, 0.3) is 0 Å². The van der Waals surface area contributed by atoms with Crippen molar-refractivity contribution in [1.29, 1.82) is 0 Å². The zero-order valence-corrected chi connectivity index (χ0v) is 13.7. The Kier molecular flexibility index (Phi) is 3.41. The van der Waals surface area contributed by atoms with Crippen molar-refractivity contribution in [3.05, 3.63) is 29.3 Å². The summed E-state index contributed by atoms with van der Waals surface area (Å²) in [4.78, 5) is 12.3. The van der Waals surface area contributed by atoms with Crippen molar-refractivity contribution in [3.8, 4) is 0 Å². The molecule has 108 valence electrons. The van der Waals surface area contributed by atoms with E-state index in [1.807, 2.05) is 19.9 Å². The molecule has 1 aromatic rings. The van der Waals surface area contributed by atoms with E-state index < -0.39 is 5.41 Å². The second-order valence-corrected chi connectivity index (χ2v) is 7.30. The van der Waals surface area contributed by atoms with Gasteiger partial charge < -0.3 is 10.1 Å². The van der Waals surface area contributed by atoms with Gasteiger partial charge in [0.15, 0.2) is 0 Å². The molecule has 0 saturated carbocycles. The molecule has 2 aliphatic heterocycles. The second kappa shape index (κ2) is 4.85. The van der Waals surface area contributed by atoms with Crippen LogP contribution in [0.15, 0.2) is 18.2 Å². The number of nitrogens with one attached hydrogen (secondary N) is 1. The van der Waals surface area contributed by atoms with Crippen LogP contribution in [0.1, 0.15) is 43.1 Å². The van der Waals surface area contributed by atoms with Gasteiger partial charge in [-0.3, -0.25) is 4.79 Å². The molecule has 3 rings (SSSR count). The summed E-state index contributed by atoms with van der Waals surface area (Å²) >= 11 is 3.83. The predicted molar refractivity (Wildman–Crippen MR) is 83.3 cm³/mol. The van der Waals surface area contributed by atoms with Crippen LogP contribution in [0.2, 0.25) is 0 Å². The van der Waals surface area contributed by atoms with Crippen LogP contribution in [0, 0.1) is 5.92 Å². The molecule has 3 nitrogen and oxygen atoms in total. The van der Waals surface area contributed by atoms with Gasteiger partial charge in [-0.2, -0.15) is 0 Å². The molecule has 1 N–H and O–H groups in total. The lowest BCUT2D eigenvalue weighted by Crippen LogP contribution is -2.27. The lowest BCUT2D eigenvalue weighted by atomic mass is 9.84. The standard InChI is InChI=1S/C16H20BrNO2/c1-9-11(6-7-20-9)14(17)10-4-5-13-12(8-10)16(2,3)15(19)18-13/h4-5,8-9,11,14H,6-7H2,1-3H3,(H,18,19). The first-order chi connectivity index (χ1) is 9.41. The van der Waals surface area contributed by atoms with Crippen LogP contribution in [0.3, 0.4) is 0 Å². The molecule has 2 aliphatic rings. The fraction of sp³-hybridized carbons (Fsp3) is 0.562. The number of hydrogen-bond donors (Lipinski definition) is 1. The van der Waals surface area contributed by atoms with Crippen molar-refractivity contribution >= 4 is 27.5 Å². The van der Waals surface area contributed by atoms with Crippen molar-refractivity contribution in [3.63, 3.8) is 0 Å². The average molecular weight is 338 g/mol. The Bertz CT molecular complexity index is 555. The maximum atomic E-state index is 12.0. The van der Waals surface area contributed by atoms with Crippen LogP contribution in [-0.4, -0.2) is 18.6 Å². The highest BCUT2D eigenvalue weighted by atomic mass is 79.9. The molecule has 0 aliphatic carbocycles. The Morgan fingerprint density at radius 3 is 2.85 bits per heavy atom. The highest BCUT2D eigenvalue weighted by molar-refractivity contribution is 9.09. The number of hydrogen-bond acceptors (Lipinski definition) is 2. The summed E-state index contributed by atoms with van der Waals surface area (Å²) < 4.78 is 5.66. The lowest BCUT2D eigenvalue weighted by molar-refractivity contribution is -0.119. The number of carbonyl (C=O) groups is 1. The van der Waals surface area contributed by atoms with Gasteiger partial charge in [-0.05, 0) is 44.4 Å². The van der Waals surface area contributed by atoms with Crippen LogP contribution >= 0.6 is 15.9 Å². The molecule has 0 bridgehead atoms. The van der Waals surface area contributed by atoms with E-state index in [9.17, 15) is 4.79 Å². The first-order valence-electron chi connectivity index (χ1n) is 7.13. The number of fused-ring (bicyclic) bond motifs is 1.